The fourth-order valence-corrected chi connectivity index (χ4v) is 1.75. The highest BCUT2D eigenvalue weighted by Gasteiger charge is 2.47. The standard InChI is InChI=1S/C11H13F3O3S/c1-10(6-3-2-4-7-10)8-5-9-17-18(15,16)11(12,13)14/h3-7,9H,2,8H2,1H3/b9-5-. The van der Waals surface area contributed by atoms with Gasteiger partial charge in [-0.05, 0) is 18.9 Å². The van der Waals surface area contributed by atoms with E-state index in [0.717, 1.165) is 6.42 Å². The number of alkyl halides is 3. The molecule has 0 heterocycles. The zero-order chi connectivity index (χ0) is 13.9. The van der Waals surface area contributed by atoms with Gasteiger partial charge in [0, 0.05) is 5.41 Å². The van der Waals surface area contributed by atoms with Gasteiger partial charge in [-0.15, -0.1) is 0 Å². The second-order valence-corrected chi connectivity index (χ2v) is 5.68. The van der Waals surface area contributed by atoms with Gasteiger partial charge in [-0.25, -0.2) is 0 Å². The van der Waals surface area contributed by atoms with E-state index in [9.17, 15) is 21.6 Å². The fourth-order valence-electron chi connectivity index (χ4n) is 1.41. The molecule has 0 aromatic rings. The van der Waals surface area contributed by atoms with E-state index < -0.39 is 15.6 Å². The van der Waals surface area contributed by atoms with Crippen LogP contribution in [0.3, 0.4) is 0 Å². The third kappa shape index (κ3) is 3.90. The van der Waals surface area contributed by atoms with Crippen LogP contribution in [0.4, 0.5) is 13.2 Å². The lowest BCUT2D eigenvalue weighted by Crippen LogP contribution is -2.23. The summed E-state index contributed by atoms with van der Waals surface area (Å²) in [4.78, 5) is 0. The molecule has 0 bridgehead atoms. The Morgan fingerprint density at radius 1 is 1.33 bits per heavy atom. The zero-order valence-electron chi connectivity index (χ0n) is 9.65. The van der Waals surface area contributed by atoms with Crippen molar-refractivity contribution in [1.82, 2.24) is 0 Å². The molecule has 0 atom stereocenters. The molecule has 1 aliphatic rings. The van der Waals surface area contributed by atoms with Gasteiger partial charge in [0.1, 0.15) is 6.26 Å². The first-order chi connectivity index (χ1) is 8.16. The van der Waals surface area contributed by atoms with Crippen molar-refractivity contribution < 1.29 is 25.8 Å². The summed E-state index contributed by atoms with van der Waals surface area (Å²) in [6.45, 7) is 1.88. The van der Waals surface area contributed by atoms with Crippen molar-refractivity contribution in [3.63, 3.8) is 0 Å². The van der Waals surface area contributed by atoms with E-state index in [1.165, 1.54) is 6.08 Å². The summed E-state index contributed by atoms with van der Waals surface area (Å²) in [6.07, 6.45) is 10.7. The van der Waals surface area contributed by atoms with Crippen molar-refractivity contribution >= 4 is 10.1 Å². The molecule has 1 aliphatic carbocycles. The molecule has 102 valence electrons. The Kier molecular flexibility index (Phi) is 4.26. The molecule has 0 aromatic heterocycles. The molecule has 0 spiro atoms. The smallest absolute Gasteiger partial charge is 0.384 e. The van der Waals surface area contributed by atoms with E-state index >= 15 is 0 Å². The number of rotatable bonds is 4. The van der Waals surface area contributed by atoms with Crippen molar-refractivity contribution in [3.05, 3.63) is 36.6 Å². The van der Waals surface area contributed by atoms with Crippen LogP contribution >= 0.6 is 0 Å². The Balaban J connectivity index is 2.55. The molecule has 0 aromatic carbocycles. The Bertz CT molecular complexity index is 460. The highest BCUT2D eigenvalue weighted by atomic mass is 32.2. The van der Waals surface area contributed by atoms with Crippen molar-refractivity contribution in [2.75, 3.05) is 0 Å². The predicted molar refractivity (Wildman–Crippen MR) is 60.8 cm³/mol. The molecule has 0 fully saturated rings. The molecule has 0 unspecified atom stereocenters. The second-order valence-electron chi connectivity index (χ2n) is 4.12. The van der Waals surface area contributed by atoms with Crippen molar-refractivity contribution in [2.45, 2.75) is 25.3 Å². The van der Waals surface area contributed by atoms with Crippen LogP contribution in [0.25, 0.3) is 0 Å². The van der Waals surface area contributed by atoms with Gasteiger partial charge in [0.15, 0.2) is 0 Å². The maximum Gasteiger partial charge on any atom is 0.534 e. The highest BCUT2D eigenvalue weighted by molar-refractivity contribution is 7.87. The van der Waals surface area contributed by atoms with Crippen molar-refractivity contribution in [2.24, 2.45) is 5.41 Å². The van der Waals surface area contributed by atoms with Gasteiger partial charge in [-0.3, -0.25) is 0 Å². The van der Waals surface area contributed by atoms with Gasteiger partial charge >= 0.3 is 15.6 Å². The van der Waals surface area contributed by atoms with Gasteiger partial charge in [-0.2, -0.15) is 21.6 Å². The lowest BCUT2D eigenvalue weighted by atomic mass is 9.83. The molecule has 7 heteroatoms. The summed E-state index contributed by atoms with van der Waals surface area (Å²) in [5, 5.41) is 0. The monoisotopic (exact) mass is 282 g/mol. The van der Waals surface area contributed by atoms with Crippen LogP contribution in [-0.4, -0.2) is 13.9 Å². The third-order valence-electron chi connectivity index (χ3n) is 2.39. The third-order valence-corrected chi connectivity index (χ3v) is 3.32. The second kappa shape index (κ2) is 5.17. The molecule has 1 rings (SSSR count). The average Bonchev–Trinajstić information content (AvgIpc) is 2.24. The van der Waals surface area contributed by atoms with Gasteiger partial charge < -0.3 is 4.18 Å². The van der Waals surface area contributed by atoms with E-state index in [0.29, 0.717) is 12.7 Å². The molecular weight excluding hydrogens is 269 g/mol. The molecule has 0 radical (unpaired) electrons. The van der Waals surface area contributed by atoms with Gasteiger partial charge in [0.05, 0.1) is 0 Å². The number of allylic oxidation sites excluding steroid dienone is 5. The maximum atomic E-state index is 11.9. The lowest BCUT2D eigenvalue weighted by Gasteiger charge is -2.22. The first kappa shape index (κ1) is 14.8. The van der Waals surface area contributed by atoms with Gasteiger partial charge in [-0.1, -0.05) is 31.2 Å². The van der Waals surface area contributed by atoms with Crippen LogP contribution in [0.1, 0.15) is 19.8 Å². The molecule has 0 saturated carbocycles. The summed E-state index contributed by atoms with van der Waals surface area (Å²) < 4.78 is 60.6. The zero-order valence-corrected chi connectivity index (χ0v) is 10.5. The predicted octanol–water partition coefficient (Wildman–Crippen LogP) is 3.28. The van der Waals surface area contributed by atoms with Crippen LogP contribution in [0, 0.1) is 5.41 Å². The van der Waals surface area contributed by atoms with E-state index in [2.05, 4.69) is 4.18 Å². The van der Waals surface area contributed by atoms with E-state index in [1.54, 1.807) is 0 Å². The highest BCUT2D eigenvalue weighted by Crippen LogP contribution is 2.29. The first-order valence-electron chi connectivity index (χ1n) is 5.16. The largest absolute Gasteiger partial charge is 0.534 e. The fraction of sp³-hybridized carbons (Fsp3) is 0.455. The van der Waals surface area contributed by atoms with Crippen molar-refractivity contribution in [3.8, 4) is 0 Å². The van der Waals surface area contributed by atoms with Crippen LogP contribution in [0.2, 0.25) is 0 Å². The molecular formula is C11H13F3O3S. The minimum absolute atomic E-state index is 0.319. The van der Waals surface area contributed by atoms with E-state index in [-0.39, 0.29) is 5.41 Å². The van der Waals surface area contributed by atoms with Crippen LogP contribution in [0.15, 0.2) is 36.6 Å². The molecule has 0 saturated heterocycles. The molecule has 3 nitrogen and oxygen atoms in total. The number of hydrogen-bond acceptors (Lipinski definition) is 3. The molecule has 0 N–H and O–H groups in total. The summed E-state index contributed by atoms with van der Waals surface area (Å²) in [7, 11) is -5.54. The van der Waals surface area contributed by atoms with Gasteiger partial charge in [0.2, 0.25) is 0 Å². The summed E-state index contributed by atoms with van der Waals surface area (Å²) >= 11 is 0. The normalized spacial score (nSPS) is 19.3. The van der Waals surface area contributed by atoms with Crippen LogP contribution in [0.5, 0.6) is 0 Å². The SMILES string of the molecule is CC1(C/C=C\OS(=O)(=O)C(F)(F)F)C=CCC=C1. The average molecular weight is 282 g/mol. The topological polar surface area (TPSA) is 43.4 Å². The van der Waals surface area contributed by atoms with E-state index in [4.69, 9.17) is 0 Å². The number of hydrogen-bond donors (Lipinski definition) is 0. The minimum Gasteiger partial charge on any atom is -0.384 e. The molecule has 0 aliphatic heterocycles. The molecule has 0 amide bonds. The number of halogens is 3. The summed E-state index contributed by atoms with van der Waals surface area (Å²) in [5.41, 5.74) is -5.72. The lowest BCUT2D eigenvalue weighted by molar-refractivity contribution is -0.0515. The van der Waals surface area contributed by atoms with Crippen molar-refractivity contribution in [1.29, 1.82) is 0 Å². The van der Waals surface area contributed by atoms with Crippen LogP contribution in [-0.2, 0) is 14.3 Å². The Hall–Kier alpha value is -1.24. The Morgan fingerprint density at radius 3 is 2.39 bits per heavy atom. The Morgan fingerprint density at radius 2 is 1.89 bits per heavy atom. The Labute approximate surface area is 104 Å². The minimum atomic E-state index is -5.54. The van der Waals surface area contributed by atoms with E-state index in [1.807, 2.05) is 31.2 Å². The molecule has 18 heavy (non-hydrogen) atoms. The quantitative estimate of drug-likeness (QED) is 0.344. The van der Waals surface area contributed by atoms with Crippen LogP contribution < -0.4 is 0 Å². The summed E-state index contributed by atoms with van der Waals surface area (Å²) in [5.74, 6) is 0. The maximum absolute atomic E-state index is 11.9. The summed E-state index contributed by atoms with van der Waals surface area (Å²) in [6, 6.07) is 0. The van der Waals surface area contributed by atoms with Gasteiger partial charge in [0.25, 0.3) is 0 Å². The first-order valence-corrected chi connectivity index (χ1v) is 6.57.